The van der Waals surface area contributed by atoms with Crippen LogP contribution in [0, 0.1) is 22.7 Å². The molecule has 64 heavy (non-hydrogen) atoms. The molecule has 8 heteroatoms. The van der Waals surface area contributed by atoms with Crippen LogP contribution in [0.5, 0.6) is 23.0 Å². The summed E-state index contributed by atoms with van der Waals surface area (Å²) < 4.78 is 24.6. The van der Waals surface area contributed by atoms with Crippen molar-refractivity contribution >= 4 is 21.5 Å². The van der Waals surface area contributed by atoms with Crippen molar-refractivity contribution in [3.05, 3.63) is 169 Å². The molecule has 0 saturated carbocycles. The number of fused-ring (bicyclic) bond motifs is 2. The fraction of sp³-hybridized carbons (Fsp3) is 0.214. The molecule has 0 amide bonds. The summed E-state index contributed by atoms with van der Waals surface area (Å²) in [5, 5.41) is 22.1. The number of hydrogen-bond acceptors (Lipinski definition) is 8. The number of benzene rings is 6. The maximum absolute atomic E-state index is 9.04. The van der Waals surface area contributed by atoms with Crippen LogP contribution in [0.25, 0.3) is 55.2 Å². The van der Waals surface area contributed by atoms with Crippen LogP contribution < -0.4 is 18.9 Å². The average molecular weight is 843 g/mol. The van der Waals surface area contributed by atoms with Gasteiger partial charge in [-0.2, -0.15) is 10.5 Å². The van der Waals surface area contributed by atoms with Crippen molar-refractivity contribution < 1.29 is 18.9 Å². The number of unbranched alkanes of at least 4 members (excludes halogenated alkanes) is 6. The first-order chi connectivity index (χ1) is 31.7. The molecule has 8 aromatic rings. The van der Waals surface area contributed by atoms with Crippen LogP contribution in [0.2, 0.25) is 0 Å². The summed E-state index contributed by atoms with van der Waals surface area (Å²) in [5.74, 6) is 3.27. The molecular formula is C56H50N4O4. The van der Waals surface area contributed by atoms with Crippen molar-refractivity contribution in [1.82, 2.24) is 9.97 Å². The van der Waals surface area contributed by atoms with Gasteiger partial charge in [-0.25, -0.2) is 0 Å². The molecule has 0 spiro atoms. The van der Waals surface area contributed by atoms with Crippen LogP contribution >= 0.6 is 0 Å². The van der Waals surface area contributed by atoms with Crippen molar-refractivity contribution in [2.75, 3.05) is 26.4 Å². The molecule has 0 radical (unpaired) electrons. The van der Waals surface area contributed by atoms with E-state index in [1.54, 1.807) is 0 Å². The topological polar surface area (TPSA) is 110 Å². The molecule has 0 N–H and O–H groups in total. The Kier molecular flexibility index (Phi) is 14.7. The Bertz CT molecular complexity index is 2650. The second kappa shape index (κ2) is 21.9. The zero-order valence-electron chi connectivity index (χ0n) is 35.9. The molecular weight excluding hydrogens is 793 g/mol. The number of ether oxygens (including phenoxy) is 4. The summed E-state index contributed by atoms with van der Waals surface area (Å²) in [6.07, 6.45) is 11.7. The summed E-state index contributed by atoms with van der Waals surface area (Å²) in [7, 11) is 0. The van der Waals surface area contributed by atoms with E-state index in [9.17, 15) is 0 Å². The van der Waals surface area contributed by atoms with Crippen molar-refractivity contribution in [2.24, 2.45) is 0 Å². The molecule has 0 aliphatic heterocycles. The van der Waals surface area contributed by atoms with Gasteiger partial charge in [0.15, 0.2) is 0 Å². The number of nitrogens with zero attached hydrogens (tertiary/aromatic N) is 4. The lowest BCUT2D eigenvalue weighted by atomic mass is 10.0. The number of rotatable bonds is 21. The minimum absolute atomic E-state index is 0.612. The van der Waals surface area contributed by atoms with Gasteiger partial charge in [0.2, 0.25) is 0 Å². The van der Waals surface area contributed by atoms with Crippen LogP contribution in [-0.4, -0.2) is 36.4 Å². The standard InChI is InChI=1S/C56H50N4O4/c57-37-41-17-21-43(22-18-41)45-25-29-47(30-26-45)61-33-9-1-3-11-35-63-53-39-59-55(51-15-7-5-13-49(51)53)56-52-16-8-6-14-50(52)54(40-60-56)64-36-12-4-2-10-34-62-48-31-27-46(28-32-48)44-23-19-42(38-58)20-24-44/h5-8,13-32,39-40H,1-4,9-12,33-36H2. The number of hydrogen-bond donors (Lipinski definition) is 0. The fourth-order valence-electron chi connectivity index (χ4n) is 7.76. The second-order valence-corrected chi connectivity index (χ2v) is 15.7. The molecule has 0 aliphatic carbocycles. The number of nitriles is 2. The van der Waals surface area contributed by atoms with E-state index in [2.05, 4.69) is 60.7 Å². The monoisotopic (exact) mass is 842 g/mol. The van der Waals surface area contributed by atoms with E-state index in [0.29, 0.717) is 37.6 Å². The van der Waals surface area contributed by atoms with Crippen molar-refractivity contribution in [3.8, 4) is 68.8 Å². The van der Waals surface area contributed by atoms with E-state index in [-0.39, 0.29) is 0 Å². The Balaban J connectivity index is 0.766. The first-order valence-electron chi connectivity index (χ1n) is 22.1. The highest BCUT2D eigenvalue weighted by Crippen LogP contribution is 2.37. The summed E-state index contributed by atoms with van der Waals surface area (Å²) in [4.78, 5) is 9.86. The highest BCUT2D eigenvalue weighted by Gasteiger charge is 2.16. The minimum atomic E-state index is 0.612. The van der Waals surface area contributed by atoms with Gasteiger partial charge < -0.3 is 18.9 Å². The molecule has 6 aromatic carbocycles. The SMILES string of the molecule is N#Cc1ccc(-c2ccc(OCCCCCCOc3cnc(-c4ncc(OCCCCCCOc5ccc(-c6ccc(C#N)cc6)cc5)c5ccccc45)c4ccccc34)cc2)cc1. The van der Waals surface area contributed by atoms with Crippen LogP contribution in [0.3, 0.4) is 0 Å². The van der Waals surface area contributed by atoms with Gasteiger partial charge in [-0.15, -0.1) is 0 Å². The normalized spacial score (nSPS) is 10.9. The molecule has 2 heterocycles. The molecule has 0 saturated heterocycles. The van der Waals surface area contributed by atoms with Crippen molar-refractivity contribution in [2.45, 2.75) is 51.4 Å². The maximum atomic E-state index is 9.04. The largest absolute Gasteiger partial charge is 0.494 e. The number of pyridine rings is 2. The molecule has 8 nitrogen and oxygen atoms in total. The van der Waals surface area contributed by atoms with Crippen LogP contribution in [0.15, 0.2) is 158 Å². The lowest BCUT2D eigenvalue weighted by Crippen LogP contribution is -2.02. The van der Waals surface area contributed by atoms with Gasteiger partial charge in [0.25, 0.3) is 0 Å². The summed E-state index contributed by atoms with van der Waals surface area (Å²) in [6.45, 7) is 2.56. The molecule has 0 aliphatic rings. The van der Waals surface area contributed by atoms with Gasteiger partial charge in [0, 0.05) is 21.5 Å². The summed E-state index contributed by atoms with van der Waals surface area (Å²) in [6, 6.07) is 52.2. The third-order valence-electron chi connectivity index (χ3n) is 11.3. The van der Waals surface area contributed by atoms with E-state index in [4.69, 9.17) is 39.4 Å². The predicted molar refractivity (Wildman–Crippen MR) is 255 cm³/mol. The van der Waals surface area contributed by atoms with Gasteiger partial charge >= 0.3 is 0 Å². The molecule has 0 unspecified atom stereocenters. The van der Waals surface area contributed by atoms with E-state index in [0.717, 1.165) is 130 Å². The molecule has 2 aromatic heterocycles. The summed E-state index contributed by atoms with van der Waals surface area (Å²) in [5.41, 5.74) is 7.30. The van der Waals surface area contributed by atoms with E-state index >= 15 is 0 Å². The maximum Gasteiger partial charge on any atom is 0.145 e. The zero-order chi connectivity index (χ0) is 43.8. The van der Waals surface area contributed by atoms with Gasteiger partial charge in [-0.3, -0.25) is 9.97 Å². The number of aromatic nitrogens is 2. The first kappa shape index (κ1) is 43.0. The lowest BCUT2D eigenvalue weighted by Gasteiger charge is -2.15. The lowest BCUT2D eigenvalue weighted by molar-refractivity contribution is 0.288. The van der Waals surface area contributed by atoms with Gasteiger partial charge in [-0.05, 0) is 122 Å². The predicted octanol–water partition coefficient (Wildman–Crippen LogP) is 13.6. The smallest absolute Gasteiger partial charge is 0.145 e. The highest BCUT2D eigenvalue weighted by molar-refractivity contribution is 6.05. The third-order valence-corrected chi connectivity index (χ3v) is 11.3. The van der Waals surface area contributed by atoms with Crippen molar-refractivity contribution in [1.29, 1.82) is 10.5 Å². The van der Waals surface area contributed by atoms with Crippen molar-refractivity contribution in [3.63, 3.8) is 0 Å². The Morgan fingerprint density at radius 3 is 1.00 bits per heavy atom. The molecule has 318 valence electrons. The Morgan fingerprint density at radius 2 is 0.656 bits per heavy atom. The van der Waals surface area contributed by atoms with E-state index in [1.165, 1.54) is 0 Å². The van der Waals surface area contributed by atoms with Gasteiger partial charge in [0.05, 0.1) is 73.5 Å². The second-order valence-electron chi connectivity index (χ2n) is 15.7. The highest BCUT2D eigenvalue weighted by atomic mass is 16.5. The average Bonchev–Trinajstić information content (AvgIpc) is 3.36. The third kappa shape index (κ3) is 11.0. The van der Waals surface area contributed by atoms with Crippen LogP contribution in [0.4, 0.5) is 0 Å². The molecule has 0 bridgehead atoms. The van der Waals surface area contributed by atoms with Gasteiger partial charge in [-0.1, -0.05) is 97.1 Å². The Hall–Kier alpha value is -7.68. The minimum Gasteiger partial charge on any atom is -0.494 e. The Labute approximate surface area is 375 Å². The van der Waals surface area contributed by atoms with E-state index in [1.807, 2.05) is 109 Å². The fourth-order valence-corrected chi connectivity index (χ4v) is 7.76. The quantitative estimate of drug-likeness (QED) is 0.0658. The van der Waals surface area contributed by atoms with Crippen LogP contribution in [0.1, 0.15) is 62.5 Å². The summed E-state index contributed by atoms with van der Waals surface area (Å²) >= 11 is 0. The molecule has 0 atom stereocenters. The Morgan fingerprint density at radius 1 is 0.344 bits per heavy atom. The molecule has 8 rings (SSSR count). The molecule has 0 fully saturated rings. The zero-order valence-corrected chi connectivity index (χ0v) is 35.9. The van der Waals surface area contributed by atoms with Crippen LogP contribution in [-0.2, 0) is 0 Å². The first-order valence-corrected chi connectivity index (χ1v) is 22.1. The van der Waals surface area contributed by atoms with E-state index < -0.39 is 0 Å². The van der Waals surface area contributed by atoms with Gasteiger partial charge in [0.1, 0.15) is 23.0 Å².